The van der Waals surface area contributed by atoms with E-state index in [4.69, 9.17) is 5.11 Å². The number of aromatic nitrogens is 1. The first-order valence-electron chi connectivity index (χ1n) is 6.00. The summed E-state index contributed by atoms with van der Waals surface area (Å²) in [6.07, 6.45) is 4.23. The van der Waals surface area contributed by atoms with Crippen LogP contribution in [-0.4, -0.2) is 29.0 Å². The molecule has 0 aliphatic rings. The lowest BCUT2D eigenvalue weighted by Crippen LogP contribution is -2.26. The number of nitrogens with one attached hydrogen (secondary N) is 1. The van der Waals surface area contributed by atoms with Crippen molar-refractivity contribution in [2.24, 2.45) is 0 Å². The van der Waals surface area contributed by atoms with Gasteiger partial charge in [-0.2, -0.15) is 0 Å². The number of amides is 1. The molecular formula is C15H14N2O3. The van der Waals surface area contributed by atoms with Crippen LogP contribution in [0.5, 0.6) is 0 Å². The Morgan fingerprint density at radius 1 is 1.25 bits per heavy atom. The number of rotatable bonds is 4. The molecule has 5 heteroatoms. The predicted octanol–water partition coefficient (Wildman–Crippen LogP) is 2.39. The summed E-state index contributed by atoms with van der Waals surface area (Å²) in [5.41, 5.74) is 1.91. The largest absolute Gasteiger partial charge is 0.478 e. The Labute approximate surface area is 116 Å². The van der Waals surface area contributed by atoms with E-state index in [2.05, 4.69) is 4.98 Å². The van der Waals surface area contributed by atoms with Crippen molar-refractivity contribution in [2.45, 2.75) is 0 Å². The number of benzene rings is 1. The van der Waals surface area contributed by atoms with Gasteiger partial charge in [-0.15, -0.1) is 0 Å². The Morgan fingerprint density at radius 2 is 2.05 bits per heavy atom. The third-order valence-corrected chi connectivity index (χ3v) is 2.81. The molecule has 0 radical (unpaired) electrons. The summed E-state index contributed by atoms with van der Waals surface area (Å²) < 4.78 is 0. The second kappa shape index (κ2) is 5.88. The standard InChI is InChI=1S/C15H14N2O3/c1-17(15(20)13-6-3-9-16-13)12-5-2-4-11(10-12)7-8-14(18)19/h2-10,16H,1H3,(H,18,19)/b8-7+. The molecule has 5 nitrogen and oxygen atoms in total. The number of aromatic amines is 1. The molecule has 1 aromatic carbocycles. The average molecular weight is 270 g/mol. The zero-order valence-electron chi connectivity index (χ0n) is 10.9. The highest BCUT2D eigenvalue weighted by atomic mass is 16.4. The number of nitrogens with zero attached hydrogens (tertiary/aromatic N) is 1. The maximum Gasteiger partial charge on any atom is 0.328 e. The Bertz CT molecular complexity index is 645. The Kier molecular flexibility index (Phi) is 4.00. The van der Waals surface area contributed by atoms with Crippen LogP contribution in [0.2, 0.25) is 0 Å². The number of aliphatic carboxylic acids is 1. The first-order valence-corrected chi connectivity index (χ1v) is 6.00. The summed E-state index contributed by atoms with van der Waals surface area (Å²) in [7, 11) is 1.67. The molecule has 1 aromatic heterocycles. The summed E-state index contributed by atoms with van der Waals surface area (Å²) in [5.74, 6) is -1.17. The van der Waals surface area contributed by atoms with Crippen LogP contribution < -0.4 is 4.90 Å². The van der Waals surface area contributed by atoms with E-state index in [1.165, 1.54) is 11.0 Å². The van der Waals surface area contributed by atoms with Crippen LogP contribution in [-0.2, 0) is 4.79 Å². The summed E-state index contributed by atoms with van der Waals surface area (Å²) in [6.45, 7) is 0. The monoisotopic (exact) mass is 270 g/mol. The fourth-order valence-electron chi connectivity index (χ4n) is 1.77. The van der Waals surface area contributed by atoms with Crippen molar-refractivity contribution in [3.8, 4) is 0 Å². The number of hydrogen-bond acceptors (Lipinski definition) is 2. The van der Waals surface area contributed by atoms with Crippen molar-refractivity contribution >= 4 is 23.6 Å². The second-order valence-corrected chi connectivity index (χ2v) is 4.21. The summed E-state index contributed by atoms with van der Waals surface area (Å²) >= 11 is 0. The van der Waals surface area contributed by atoms with E-state index in [0.717, 1.165) is 11.6 Å². The van der Waals surface area contributed by atoms with Gasteiger partial charge in [0.05, 0.1) is 0 Å². The molecule has 1 heterocycles. The number of hydrogen-bond donors (Lipinski definition) is 2. The smallest absolute Gasteiger partial charge is 0.328 e. The number of carboxylic acid groups (broad SMARTS) is 1. The van der Waals surface area contributed by atoms with Crippen LogP contribution in [0.25, 0.3) is 6.08 Å². The number of H-pyrrole nitrogens is 1. The third-order valence-electron chi connectivity index (χ3n) is 2.81. The highest BCUT2D eigenvalue weighted by molar-refractivity contribution is 6.04. The van der Waals surface area contributed by atoms with Crippen LogP contribution in [0.1, 0.15) is 16.1 Å². The average Bonchev–Trinajstić information content (AvgIpc) is 2.98. The van der Waals surface area contributed by atoms with Gasteiger partial charge in [-0.05, 0) is 35.9 Å². The van der Waals surface area contributed by atoms with E-state index < -0.39 is 5.97 Å². The summed E-state index contributed by atoms with van der Waals surface area (Å²) in [5, 5.41) is 8.61. The van der Waals surface area contributed by atoms with Gasteiger partial charge in [-0.25, -0.2) is 4.79 Å². The van der Waals surface area contributed by atoms with Crippen molar-refractivity contribution in [1.29, 1.82) is 0 Å². The van der Waals surface area contributed by atoms with Crippen molar-refractivity contribution in [3.05, 3.63) is 59.9 Å². The van der Waals surface area contributed by atoms with Crippen molar-refractivity contribution in [2.75, 3.05) is 11.9 Å². The van der Waals surface area contributed by atoms with Gasteiger partial charge in [-0.3, -0.25) is 4.79 Å². The third kappa shape index (κ3) is 3.14. The van der Waals surface area contributed by atoms with Gasteiger partial charge in [0.25, 0.3) is 5.91 Å². The highest BCUT2D eigenvalue weighted by Crippen LogP contribution is 2.17. The number of carboxylic acids is 1. The van der Waals surface area contributed by atoms with E-state index in [1.54, 1.807) is 49.6 Å². The molecule has 0 fully saturated rings. The molecule has 0 unspecified atom stereocenters. The first-order chi connectivity index (χ1) is 9.58. The normalized spacial score (nSPS) is 10.7. The minimum absolute atomic E-state index is 0.158. The molecule has 1 amide bonds. The molecule has 2 aromatic rings. The minimum Gasteiger partial charge on any atom is -0.478 e. The molecule has 0 saturated heterocycles. The fourth-order valence-corrected chi connectivity index (χ4v) is 1.77. The summed E-state index contributed by atoms with van der Waals surface area (Å²) in [6, 6.07) is 10.5. The van der Waals surface area contributed by atoms with Gasteiger partial charge in [0.15, 0.2) is 0 Å². The van der Waals surface area contributed by atoms with E-state index in [1.807, 2.05) is 0 Å². The second-order valence-electron chi connectivity index (χ2n) is 4.21. The molecule has 0 spiro atoms. The number of carbonyl (C=O) groups excluding carboxylic acids is 1. The molecular weight excluding hydrogens is 256 g/mol. The topological polar surface area (TPSA) is 73.4 Å². The maximum absolute atomic E-state index is 12.2. The van der Waals surface area contributed by atoms with Crippen LogP contribution in [0.4, 0.5) is 5.69 Å². The molecule has 20 heavy (non-hydrogen) atoms. The Hall–Kier alpha value is -2.82. The Morgan fingerprint density at radius 3 is 2.70 bits per heavy atom. The van der Waals surface area contributed by atoms with Crippen LogP contribution in [0.3, 0.4) is 0 Å². The lowest BCUT2D eigenvalue weighted by atomic mass is 10.1. The van der Waals surface area contributed by atoms with Crippen LogP contribution >= 0.6 is 0 Å². The minimum atomic E-state index is -1.01. The van der Waals surface area contributed by atoms with Crippen molar-refractivity contribution in [1.82, 2.24) is 4.98 Å². The molecule has 0 atom stereocenters. The molecule has 0 saturated carbocycles. The Balaban J connectivity index is 2.22. The van der Waals surface area contributed by atoms with Gasteiger partial charge in [0.1, 0.15) is 5.69 Å². The molecule has 0 bridgehead atoms. The van der Waals surface area contributed by atoms with Gasteiger partial charge in [0.2, 0.25) is 0 Å². The van der Waals surface area contributed by atoms with Gasteiger partial charge < -0.3 is 15.0 Å². The fraction of sp³-hybridized carbons (Fsp3) is 0.0667. The van der Waals surface area contributed by atoms with Gasteiger partial charge in [0, 0.05) is 25.0 Å². The van der Waals surface area contributed by atoms with E-state index in [-0.39, 0.29) is 5.91 Å². The maximum atomic E-state index is 12.2. The quantitative estimate of drug-likeness (QED) is 0.838. The predicted molar refractivity (Wildman–Crippen MR) is 76.6 cm³/mol. The summed E-state index contributed by atoms with van der Waals surface area (Å²) in [4.78, 5) is 27.0. The zero-order chi connectivity index (χ0) is 14.5. The van der Waals surface area contributed by atoms with Crippen molar-refractivity contribution < 1.29 is 14.7 Å². The van der Waals surface area contributed by atoms with Crippen LogP contribution in [0, 0.1) is 0 Å². The van der Waals surface area contributed by atoms with E-state index in [0.29, 0.717) is 11.4 Å². The van der Waals surface area contributed by atoms with Crippen LogP contribution in [0.15, 0.2) is 48.7 Å². The molecule has 2 rings (SSSR count). The zero-order valence-corrected chi connectivity index (χ0v) is 10.9. The lowest BCUT2D eigenvalue weighted by Gasteiger charge is -2.17. The number of carbonyl (C=O) groups is 2. The van der Waals surface area contributed by atoms with Crippen molar-refractivity contribution in [3.63, 3.8) is 0 Å². The van der Waals surface area contributed by atoms with Gasteiger partial charge >= 0.3 is 5.97 Å². The number of anilines is 1. The molecule has 2 N–H and O–H groups in total. The highest BCUT2D eigenvalue weighted by Gasteiger charge is 2.13. The van der Waals surface area contributed by atoms with Gasteiger partial charge in [-0.1, -0.05) is 12.1 Å². The first kappa shape index (κ1) is 13.6. The van der Waals surface area contributed by atoms with E-state index >= 15 is 0 Å². The molecule has 102 valence electrons. The van der Waals surface area contributed by atoms with E-state index in [9.17, 15) is 9.59 Å². The molecule has 0 aliphatic carbocycles. The SMILES string of the molecule is CN(C(=O)c1ccc[nH]1)c1cccc(/C=C/C(=O)O)c1. The molecule has 0 aliphatic heterocycles. The lowest BCUT2D eigenvalue weighted by molar-refractivity contribution is -0.131.